The first-order valence-corrected chi connectivity index (χ1v) is 6.12. The largest absolute Gasteiger partial charge is 0.493 e. The molecule has 0 aliphatic rings. The quantitative estimate of drug-likeness (QED) is 0.778. The van der Waals surface area contributed by atoms with Gasteiger partial charge < -0.3 is 4.74 Å². The van der Waals surface area contributed by atoms with Crippen LogP contribution in [0.15, 0.2) is 48.5 Å². The van der Waals surface area contributed by atoms with E-state index in [1.54, 1.807) is 36.4 Å². The van der Waals surface area contributed by atoms with Crippen LogP contribution in [0.25, 0.3) is 0 Å². The molecule has 2 nitrogen and oxygen atoms in total. The van der Waals surface area contributed by atoms with Gasteiger partial charge >= 0.3 is 0 Å². The fourth-order valence-corrected chi connectivity index (χ4v) is 1.82. The van der Waals surface area contributed by atoms with E-state index in [4.69, 9.17) is 16.3 Å². The van der Waals surface area contributed by atoms with Crippen molar-refractivity contribution in [2.75, 3.05) is 6.61 Å². The van der Waals surface area contributed by atoms with Crippen LogP contribution in [0.5, 0.6) is 5.75 Å². The average Bonchev–Trinajstić information content (AvgIpc) is 2.40. The van der Waals surface area contributed by atoms with Crippen molar-refractivity contribution in [1.29, 1.82) is 0 Å². The third kappa shape index (κ3) is 2.71. The van der Waals surface area contributed by atoms with E-state index in [2.05, 4.69) is 0 Å². The summed E-state index contributed by atoms with van der Waals surface area (Å²) in [5, 5.41) is 0.615. The lowest BCUT2D eigenvalue weighted by Gasteiger charge is -2.09. The highest BCUT2D eigenvalue weighted by molar-refractivity contribution is 6.30. The molecule has 2 rings (SSSR count). The van der Waals surface area contributed by atoms with Crippen molar-refractivity contribution in [1.82, 2.24) is 0 Å². The lowest BCUT2D eigenvalue weighted by atomic mass is 10.0. The highest BCUT2D eigenvalue weighted by Gasteiger charge is 2.13. The molecule has 0 spiro atoms. The molecule has 0 fully saturated rings. The molecule has 92 valence electrons. The average molecular weight is 261 g/mol. The predicted molar refractivity (Wildman–Crippen MR) is 72.5 cm³/mol. The van der Waals surface area contributed by atoms with Gasteiger partial charge in [-0.05, 0) is 43.3 Å². The molecule has 0 unspecified atom stereocenters. The molecule has 0 amide bonds. The van der Waals surface area contributed by atoms with Crippen molar-refractivity contribution >= 4 is 17.4 Å². The van der Waals surface area contributed by atoms with Gasteiger partial charge in [-0.3, -0.25) is 4.79 Å². The fraction of sp³-hybridized carbons (Fsp3) is 0.133. The summed E-state index contributed by atoms with van der Waals surface area (Å²) in [6.07, 6.45) is 0. The summed E-state index contributed by atoms with van der Waals surface area (Å²) in [4.78, 5) is 12.3. The second kappa shape index (κ2) is 5.69. The first-order valence-electron chi connectivity index (χ1n) is 5.74. The number of hydrogen-bond acceptors (Lipinski definition) is 2. The van der Waals surface area contributed by atoms with Crippen molar-refractivity contribution in [3.63, 3.8) is 0 Å². The number of halogens is 1. The summed E-state index contributed by atoms with van der Waals surface area (Å²) in [5.74, 6) is 0.552. The van der Waals surface area contributed by atoms with Gasteiger partial charge in [-0.1, -0.05) is 23.7 Å². The normalized spacial score (nSPS) is 10.1. The molecule has 0 saturated heterocycles. The van der Waals surface area contributed by atoms with E-state index in [-0.39, 0.29) is 5.78 Å². The number of carbonyl (C=O) groups is 1. The minimum absolute atomic E-state index is 0.0595. The van der Waals surface area contributed by atoms with E-state index in [1.807, 2.05) is 19.1 Å². The molecule has 0 saturated carbocycles. The summed E-state index contributed by atoms with van der Waals surface area (Å²) in [6, 6.07) is 14.1. The van der Waals surface area contributed by atoms with Crippen molar-refractivity contribution in [3.8, 4) is 5.75 Å². The molecule has 0 aromatic heterocycles. The van der Waals surface area contributed by atoms with Crippen LogP contribution >= 0.6 is 11.6 Å². The van der Waals surface area contributed by atoms with Gasteiger partial charge in [-0.25, -0.2) is 0 Å². The fourth-order valence-electron chi connectivity index (χ4n) is 1.69. The molecule has 2 aromatic rings. The minimum atomic E-state index is -0.0595. The van der Waals surface area contributed by atoms with Gasteiger partial charge in [0.15, 0.2) is 5.78 Å². The third-order valence-corrected chi connectivity index (χ3v) is 2.79. The van der Waals surface area contributed by atoms with Crippen LogP contribution in [0, 0.1) is 0 Å². The van der Waals surface area contributed by atoms with Crippen molar-refractivity contribution in [2.45, 2.75) is 6.92 Å². The summed E-state index contributed by atoms with van der Waals surface area (Å²) in [7, 11) is 0. The molecule has 0 radical (unpaired) electrons. The molecule has 0 atom stereocenters. The minimum Gasteiger partial charge on any atom is -0.493 e. The third-order valence-electron chi connectivity index (χ3n) is 2.54. The lowest BCUT2D eigenvalue weighted by molar-refractivity contribution is 0.103. The first-order chi connectivity index (χ1) is 8.72. The molecule has 0 heterocycles. The van der Waals surface area contributed by atoms with Gasteiger partial charge in [0.2, 0.25) is 0 Å². The maximum absolute atomic E-state index is 12.3. The number of benzene rings is 2. The smallest absolute Gasteiger partial charge is 0.196 e. The van der Waals surface area contributed by atoms with Crippen molar-refractivity contribution in [3.05, 3.63) is 64.7 Å². The van der Waals surface area contributed by atoms with Crippen LogP contribution in [-0.4, -0.2) is 12.4 Å². The Hall–Kier alpha value is -1.80. The molecule has 18 heavy (non-hydrogen) atoms. The summed E-state index contributed by atoms with van der Waals surface area (Å²) < 4.78 is 5.46. The van der Waals surface area contributed by atoms with Gasteiger partial charge in [0.25, 0.3) is 0 Å². The monoisotopic (exact) mass is 260 g/mol. The molecule has 0 N–H and O–H groups in total. The second-order valence-corrected chi connectivity index (χ2v) is 4.20. The van der Waals surface area contributed by atoms with Gasteiger partial charge in [0.05, 0.1) is 12.2 Å². The van der Waals surface area contributed by atoms with E-state index >= 15 is 0 Å². The summed E-state index contributed by atoms with van der Waals surface area (Å²) >= 11 is 5.81. The molecule has 0 aliphatic heterocycles. The molecular weight excluding hydrogens is 248 g/mol. The van der Waals surface area contributed by atoms with Crippen molar-refractivity contribution in [2.24, 2.45) is 0 Å². The van der Waals surface area contributed by atoms with E-state index in [0.717, 1.165) is 0 Å². The zero-order chi connectivity index (χ0) is 13.0. The molecule has 0 aliphatic carbocycles. The standard InChI is InChI=1S/C15H13ClO2/c1-2-18-14-6-4-3-5-13(14)15(17)11-7-9-12(16)10-8-11/h3-10H,2H2,1H3. The number of hydrogen-bond donors (Lipinski definition) is 0. The number of rotatable bonds is 4. The maximum atomic E-state index is 12.3. The van der Waals surface area contributed by atoms with E-state index in [9.17, 15) is 4.79 Å². The number of ether oxygens (including phenoxy) is 1. The first kappa shape index (κ1) is 12.7. The van der Waals surface area contributed by atoms with Crippen LogP contribution in [0.3, 0.4) is 0 Å². The van der Waals surface area contributed by atoms with E-state index in [0.29, 0.717) is 28.5 Å². The Morgan fingerprint density at radius 1 is 1.11 bits per heavy atom. The molecule has 2 aromatic carbocycles. The summed E-state index contributed by atoms with van der Waals surface area (Å²) in [5.41, 5.74) is 1.17. The summed E-state index contributed by atoms with van der Waals surface area (Å²) in [6.45, 7) is 2.43. The van der Waals surface area contributed by atoms with Crippen LogP contribution in [0.4, 0.5) is 0 Å². The Bertz CT molecular complexity index is 547. The number of ketones is 1. The lowest BCUT2D eigenvalue weighted by Crippen LogP contribution is -2.05. The van der Waals surface area contributed by atoms with Crippen LogP contribution in [0.1, 0.15) is 22.8 Å². The number of carbonyl (C=O) groups excluding carboxylic acids is 1. The Labute approximate surface area is 111 Å². The maximum Gasteiger partial charge on any atom is 0.196 e. The Balaban J connectivity index is 2.36. The molecule has 3 heteroatoms. The number of para-hydroxylation sites is 1. The van der Waals surface area contributed by atoms with Crippen LogP contribution < -0.4 is 4.74 Å². The molecular formula is C15H13ClO2. The Morgan fingerprint density at radius 3 is 2.44 bits per heavy atom. The predicted octanol–water partition coefficient (Wildman–Crippen LogP) is 3.97. The van der Waals surface area contributed by atoms with Gasteiger partial charge in [-0.2, -0.15) is 0 Å². The van der Waals surface area contributed by atoms with Gasteiger partial charge in [-0.15, -0.1) is 0 Å². The van der Waals surface area contributed by atoms with Crippen LogP contribution in [0.2, 0.25) is 5.02 Å². The highest BCUT2D eigenvalue weighted by atomic mass is 35.5. The zero-order valence-corrected chi connectivity index (χ0v) is 10.8. The van der Waals surface area contributed by atoms with E-state index in [1.165, 1.54) is 0 Å². The topological polar surface area (TPSA) is 26.3 Å². The Kier molecular flexibility index (Phi) is 4.00. The SMILES string of the molecule is CCOc1ccccc1C(=O)c1ccc(Cl)cc1. The van der Waals surface area contributed by atoms with Gasteiger partial charge in [0.1, 0.15) is 5.75 Å². The molecule has 0 bridgehead atoms. The van der Waals surface area contributed by atoms with E-state index < -0.39 is 0 Å². The van der Waals surface area contributed by atoms with Gasteiger partial charge in [0, 0.05) is 10.6 Å². The van der Waals surface area contributed by atoms with Crippen LogP contribution in [-0.2, 0) is 0 Å². The highest BCUT2D eigenvalue weighted by Crippen LogP contribution is 2.22. The second-order valence-electron chi connectivity index (χ2n) is 3.77. The zero-order valence-electron chi connectivity index (χ0n) is 10.0. The van der Waals surface area contributed by atoms with Crippen molar-refractivity contribution < 1.29 is 9.53 Å². The Morgan fingerprint density at radius 2 is 1.78 bits per heavy atom.